The number of nitrogens with one attached hydrogen (secondary N) is 1. The molecule has 1 nitrogen and oxygen atoms in total. The van der Waals surface area contributed by atoms with Gasteiger partial charge < -0.3 is 5.32 Å². The summed E-state index contributed by atoms with van der Waals surface area (Å²) >= 11 is 5.54. The van der Waals surface area contributed by atoms with Gasteiger partial charge in [-0.3, -0.25) is 0 Å². The van der Waals surface area contributed by atoms with E-state index in [0.717, 1.165) is 6.54 Å². The molecule has 2 rings (SSSR count). The Hall–Kier alpha value is 0.140. The predicted octanol–water partition coefficient (Wildman–Crippen LogP) is 4.61. The molecule has 1 N–H and O–H groups in total. The van der Waals surface area contributed by atoms with E-state index in [0.29, 0.717) is 5.41 Å². The van der Waals surface area contributed by atoms with E-state index in [1.54, 1.807) is 0 Å². The van der Waals surface area contributed by atoms with Crippen molar-refractivity contribution in [2.75, 3.05) is 6.54 Å². The average Bonchev–Trinajstić information content (AvgIpc) is 2.54. The lowest BCUT2D eigenvalue weighted by Gasteiger charge is -2.44. The van der Waals surface area contributed by atoms with Crippen molar-refractivity contribution in [1.29, 1.82) is 0 Å². The Bertz CT molecular complexity index is 374. The Morgan fingerprint density at radius 3 is 2.53 bits per heavy atom. The lowest BCUT2D eigenvalue weighted by Crippen LogP contribution is -2.47. The Morgan fingerprint density at radius 2 is 2.12 bits per heavy atom. The summed E-state index contributed by atoms with van der Waals surface area (Å²) < 4.78 is 1.30. The van der Waals surface area contributed by atoms with E-state index in [4.69, 9.17) is 0 Å². The number of hydrogen-bond acceptors (Lipinski definition) is 2. The fourth-order valence-electron chi connectivity index (χ4n) is 2.34. The molecule has 1 aliphatic carbocycles. The van der Waals surface area contributed by atoms with E-state index < -0.39 is 0 Å². The maximum atomic E-state index is 3.69. The largest absolute Gasteiger partial charge is 0.312 e. The quantitative estimate of drug-likeness (QED) is 0.855. The van der Waals surface area contributed by atoms with E-state index >= 15 is 0 Å². The van der Waals surface area contributed by atoms with Gasteiger partial charge in [0.05, 0.1) is 0 Å². The second-order valence-electron chi connectivity index (χ2n) is 6.33. The van der Waals surface area contributed by atoms with Gasteiger partial charge in [0.25, 0.3) is 0 Å². The number of rotatable bonds is 4. The highest BCUT2D eigenvalue weighted by Gasteiger charge is 2.38. The van der Waals surface area contributed by atoms with Crippen molar-refractivity contribution in [2.45, 2.75) is 52.0 Å². The molecule has 1 heterocycles. The van der Waals surface area contributed by atoms with Crippen LogP contribution in [0.25, 0.3) is 0 Å². The molecule has 0 atom stereocenters. The van der Waals surface area contributed by atoms with E-state index in [2.05, 4.69) is 53.5 Å². The molecule has 17 heavy (non-hydrogen) atoms. The first kappa shape index (κ1) is 13.6. The van der Waals surface area contributed by atoms with Gasteiger partial charge in [-0.1, -0.05) is 6.42 Å². The molecule has 0 unspecified atom stereocenters. The van der Waals surface area contributed by atoms with Crippen LogP contribution in [0.3, 0.4) is 0 Å². The van der Waals surface area contributed by atoms with Crippen molar-refractivity contribution in [3.05, 3.63) is 20.8 Å². The molecule has 1 fully saturated rings. The normalized spacial score (nSPS) is 19.1. The summed E-state index contributed by atoms with van der Waals surface area (Å²) in [4.78, 5) is 1.51. The SMILES string of the molecule is CC(C)(C)NCC1(Cc2sccc2Br)CCC1. The summed E-state index contributed by atoms with van der Waals surface area (Å²) in [5.74, 6) is 0. The van der Waals surface area contributed by atoms with E-state index in [1.165, 1.54) is 35.0 Å². The highest BCUT2D eigenvalue weighted by atomic mass is 79.9. The molecule has 0 saturated heterocycles. The van der Waals surface area contributed by atoms with Crippen molar-refractivity contribution in [1.82, 2.24) is 5.32 Å². The first-order chi connectivity index (χ1) is 7.90. The topological polar surface area (TPSA) is 12.0 Å². The van der Waals surface area contributed by atoms with Crippen LogP contribution >= 0.6 is 27.3 Å². The summed E-state index contributed by atoms with van der Waals surface area (Å²) in [6, 6.07) is 2.17. The molecule has 0 aromatic carbocycles. The minimum atomic E-state index is 0.231. The Labute approximate surface area is 117 Å². The van der Waals surface area contributed by atoms with Gasteiger partial charge >= 0.3 is 0 Å². The Balaban J connectivity index is 1.98. The summed E-state index contributed by atoms with van der Waals surface area (Å²) in [5.41, 5.74) is 0.746. The standard InChI is InChI=1S/C14H22BrNS/c1-13(2,3)16-10-14(6-4-7-14)9-12-11(15)5-8-17-12/h5,8,16H,4,6-7,9-10H2,1-3H3. The molecule has 96 valence electrons. The van der Waals surface area contributed by atoms with Crippen molar-refractivity contribution in [2.24, 2.45) is 5.41 Å². The van der Waals surface area contributed by atoms with Gasteiger partial charge in [-0.2, -0.15) is 0 Å². The smallest absolute Gasteiger partial charge is 0.0314 e. The molecule has 0 amide bonds. The van der Waals surface area contributed by atoms with E-state index in [1.807, 2.05) is 11.3 Å². The molecule has 1 aromatic rings. The third kappa shape index (κ3) is 3.55. The zero-order valence-electron chi connectivity index (χ0n) is 11.0. The summed E-state index contributed by atoms with van der Waals surface area (Å²) in [5, 5.41) is 5.87. The predicted molar refractivity (Wildman–Crippen MR) is 79.8 cm³/mol. The molecule has 1 saturated carbocycles. The summed E-state index contributed by atoms with van der Waals surface area (Å²) in [7, 11) is 0. The van der Waals surface area contributed by atoms with Gasteiger partial charge in [0.15, 0.2) is 0 Å². The first-order valence-corrected chi connectivity index (χ1v) is 8.04. The van der Waals surface area contributed by atoms with Crippen molar-refractivity contribution < 1.29 is 0 Å². The molecular formula is C14H22BrNS. The number of halogens is 1. The van der Waals surface area contributed by atoms with Gasteiger partial charge in [0.1, 0.15) is 0 Å². The summed E-state index contributed by atoms with van der Waals surface area (Å²) in [6.45, 7) is 7.90. The molecule has 1 aliphatic rings. The number of thiophene rings is 1. The maximum absolute atomic E-state index is 3.69. The van der Waals surface area contributed by atoms with Crippen LogP contribution in [0.5, 0.6) is 0 Å². The molecular weight excluding hydrogens is 294 g/mol. The maximum Gasteiger partial charge on any atom is 0.0314 e. The van der Waals surface area contributed by atoms with Crippen LogP contribution in [0.2, 0.25) is 0 Å². The lowest BCUT2D eigenvalue weighted by atomic mass is 9.66. The van der Waals surface area contributed by atoms with Gasteiger partial charge in [0, 0.05) is 21.4 Å². The second-order valence-corrected chi connectivity index (χ2v) is 8.18. The minimum absolute atomic E-state index is 0.231. The minimum Gasteiger partial charge on any atom is -0.312 e. The van der Waals surface area contributed by atoms with Crippen molar-refractivity contribution in [3.63, 3.8) is 0 Å². The monoisotopic (exact) mass is 315 g/mol. The molecule has 0 bridgehead atoms. The highest BCUT2D eigenvalue weighted by Crippen LogP contribution is 2.45. The third-order valence-corrected chi connectivity index (χ3v) is 5.56. The molecule has 0 spiro atoms. The average molecular weight is 316 g/mol. The van der Waals surface area contributed by atoms with Crippen molar-refractivity contribution in [3.8, 4) is 0 Å². The van der Waals surface area contributed by atoms with Gasteiger partial charge in [0.2, 0.25) is 0 Å². The Kier molecular flexibility index (Phi) is 4.01. The van der Waals surface area contributed by atoms with Gasteiger partial charge in [-0.25, -0.2) is 0 Å². The first-order valence-electron chi connectivity index (χ1n) is 6.37. The second kappa shape index (κ2) is 5.02. The summed E-state index contributed by atoms with van der Waals surface area (Å²) in [6.07, 6.45) is 5.38. The lowest BCUT2D eigenvalue weighted by molar-refractivity contribution is 0.119. The zero-order chi connectivity index (χ0) is 12.5. The van der Waals surface area contributed by atoms with Crippen LogP contribution in [0, 0.1) is 5.41 Å². The highest BCUT2D eigenvalue weighted by molar-refractivity contribution is 9.10. The fraction of sp³-hybridized carbons (Fsp3) is 0.714. The van der Waals surface area contributed by atoms with Crippen LogP contribution in [0.4, 0.5) is 0 Å². The molecule has 3 heteroatoms. The van der Waals surface area contributed by atoms with Crippen LogP contribution in [-0.4, -0.2) is 12.1 Å². The molecule has 1 aromatic heterocycles. The fourth-order valence-corrected chi connectivity index (χ4v) is 4.00. The van der Waals surface area contributed by atoms with Crippen molar-refractivity contribution >= 4 is 27.3 Å². The van der Waals surface area contributed by atoms with Crippen LogP contribution < -0.4 is 5.32 Å². The molecule has 0 aliphatic heterocycles. The Morgan fingerprint density at radius 1 is 1.41 bits per heavy atom. The zero-order valence-corrected chi connectivity index (χ0v) is 13.4. The molecule has 0 radical (unpaired) electrons. The van der Waals surface area contributed by atoms with Gasteiger partial charge in [-0.05, 0) is 72.8 Å². The van der Waals surface area contributed by atoms with Crippen LogP contribution in [0.1, 0.15) is 44.9 Å². The van der Waals surface area contributed by atoms with E-state index in [-0.39, 0.29) is 5.54 Å². The third-order valence-electron chi connectivity index (χ3n) is 3.63. The van der Waals surface area contributed by atoms with Gasteiger partial charge in [-0.15, -0.1) is 11.3 Å². The van der Waals surface area contributed by atoms with E-state index in [9.17, 15) is 0 Å². The van der Waals surface area contributed by atoms with Crippen LogP contribution in [-0.2, 0) is 6.42 Å². The van der Waals surface area contributed by atoms with Crippen LogP contribution in [0.15, 0.2) is 15.9 Å². The number of hydrogen-bond donors (Lipinski definition) is 1.